The zero-order chi connectivity index (χ0) is 14.5. The van der Waals surface area contributed by atoms with E-state index in [0.29, 0.717) is 11.1 Å². The first-order valence-electron chi connectivity index (χ1n) is 6.44. The Morgan fingerprint density at radius 2 is 1.95 bits per heavy atom. The molecule has 20 heavy (non-hydrogen) atoms. The highest BCUT2D eigenvalue weighted by Crippen LogP contribution is 2.12. The number of nitrogens with zero attached hydrogens (tertiary/aromatic N) is 1. The Balaban J connectivity index is 2.05. The Bertz CT molecular complexity index is 684. The molecule has 0 fully saturated rings. The molecule has 0 saturated carbocycles. The molecule has 0 radical (unpaired) electrons. The number of anilines is 1. The van der Waals surface area contributed by atoms with Crippen LogP contribution >= 0.6 is 0 Å². The van der Waals surface area contributed by atoms with Crippen LogP contribution in [0.1, 0.15) is 27.0 Å². The van der Waals surface area contributed by atoms with Crippen LogP contribution in [0.3, 0.4) is 0 Å². The van der Waals surface area contributed by atoms with E-state index in [1.54, 1.807) is 18.2 Å². The zero-order valence-electron chi connectivity index (χ0n) is 11.6. The second-order valence-electron chi connectivity index (χ2n) is 4.77. The second-order valence-corrected chi connectivity index (χ2v) is 4.77. The molecule has 100 valence electrons. The second kappa shape index (κ2) is 6.03. The molecule has 0 unspecified atom stereocenters. The molecule has 3 nitrogen and oxygen atoms in total. The normalized spacial score (nSPS) is 9.85. The Morgan fingerprint density at radius 3 is 2.65 bits per heavy atom. The third kappa shape index (κ3) is 3.24. The van der Waals surface area contributed by atoms with Crippen molar-refractivity contribution in [3.8, 4) is 6.07 Å². The van der Waals surface area contributed by atoms with Crippen molar-refractivity contribution in [2.45, 2.75) is 13.8 Å². The predicted molar refractivity (Wildman–Crippen MR) is 79.9 cm³/mol. The molecular formula is C17H16N2O. The lowest BCUT2D eigenvalue weighted by atomic mass is 10.0. The van der Waals surface area contributed by atoms with Gasteiger partial charge in [-0.05, 0) is 49.2 Å². The highest BCUT2D eigenvalue weighted by atomic mass is 16.1. The van der Waals surface area contributed by atoms with Crippen molar-refractivity contribution >= 4 is 11.5 Å². The number of nitrogens with one attached hydrogen (secondary N) is 1. The largest absolute Gasteiger partial charge is 0.378 e. The summed E-state index contributed by atoms with van der Waals surface area (Å²) in [5.74, 6) is 0.0375. The fourth-order valence-corrected chi connectivity index (χ4v) is 1.90. The number of rotatable bonds is 4. The Labute approximate surface area is 118 Å². The zero-order valence-corrected chi connectivity index (χ0v) is 11.6. The van der Waals surface area contributed by atoms with Gasteiger partial charge in [0.25, 0.3) is 0 Å². The average Bonchev–Trinajstić information content (AvgIpc) is 2.47. The molecule has 0 heterocycles. The molecule has 2 aromatic rings. The number of carbonyl (C=O) groups excluding carboxylic acids is 1. The minimum Gasteiger partial charge on any atom is -0.378 e. The third-order valence-corrected chi connectivity index (χ3v) is 3.27. The van der Waals surface area contributed by atoms with E-state index in [1.807, 2.05) is 38.1 Å². The van der Waals surface area contributed by atoms with Crippen LogP contribution < -0.4 is 5.32 Å². The fraction of sp³-hybridized carbons (Fsp3) is 0.176. The molecule has 3 heteroatoms. The van der Waals surface area contributed by atoms with Gasteiger partial charge in [0.05, 0.1) is 18.2 Å². The topological polar surface area (TPSA) is 52.9 Å². The molecule has 0 aliphatic rings. The molecule has 0 aliphatic heterocycles. The van der Waals surface area contributed by atoms with Gasteiger partial charge in [-0.25, -0.2) is 0 Å². The van der Waals surface area contributed by atoms with Crippen LogP contribution in [0.15, 0.2) is 42.5 Å². The van der Waals surface area contributed by atoms with E-state index in [1.165, 1.54) is 5.56 Å². The molecule has 0 amide bonds. The molecule has 2 aromatic carbocycles. The summed E-state index contributed by atoms with van der Waals surface area (Å²) in [4.78, 5) is 12.1. The van der Waals surface area contributed by atoms with Crippen LogP contribution in [0.4, 0.5) is 5.69 Å². The minimum absolute atomic E-state index is 0.0375. The molecule has 0 saturated heterocycles. The lowest BCUT2D eigenvalue weighted by Crippen LogP contribution is -2.14. The first-order valence-corrected chi connectivity index (χ1v) is 6.44. The summed E-state index contributed by atoms with van der Waals surface area (Å²) in [5, 5.41) is 11.9. The molecule has 0 aliphatic carbocycles. The maximum absolute atomic E-state index is 12.1. The first kappa shape index (κ1) is 13.8. The number of nitriles is 1. The lowest BCUT2D eigenvalue weighted by molar-refractivity contribution is 0.101. The maximum Gasteiger partial charge on any atom is 0.181 e. The van der Waals surface area contributed by atoms with Crippen molar-refractivity contribution in [1.82, 2.24) is 0 Å². The summed E-state index contributed by atoms with van der Waals surface area (Å²) in [5.41, 5.74) is 4.35. The summed E-state index contributed by atoms with van der Waals surface area (Å²) in [7, 11) is 0. The highest BCUT2D eigenvalue weighted by Gasteiger charge is 2.06. The van der Waals surface area contributed by atoms with Gasteiger partial charge in [0.15, 0.2) is 5.78 Å². The van der Waals surface area contributed by atoms with E-state index in [4.69, 9.17) is 5.26 Å². The van der Waals surface area contributed by atoms with Crippen molar-refractivity contribution in [2.24, 2.45) is 0 Å². The summed E-state index contributed by atoms with van der Waals surface area (Å²) in [6, 6.07) is 14.9. The molecular weight excluding hydrogens is 248 g/mol. The van der Waals surface area contributed by atoms with Crippen molar-refractivity contribution in [3.05, 3.63) is 64.7 Å². The standard InChI is InChI=1S/C17H16N2O/c1-12-6-7-15(8-13(12)2)17(20)11-19-16-5-3-4-14(9-16)10-18/h3-9,19H,11H2,1-2H3. The van der Waals surface area contributed by atoms with Crippen LogP contribution in [0.5, 0.6) is 0 Å². The Kier molecular flexibility index (Phi) is 4.17. The van der Waals surface area contributed by atoms with Crippen LogP contribution in [-0.4, -0.2) is 12.3 Å². The van der Waals surface area contributed by atoms with E-state index in [-0.39, 0.29) is 12.3 Å². The van der Waals surface area contributed by atoms with E-state index in [2.05, 4.69) is 11.4 Å². The Hall–Kier alpha value is -2.60. The van der Waals surface area contributed by atoms with Gasteiger partial charge in [0, 0.05) is 11.3 Å². The van der Waals surface area contributed by atoms with Crippen LogP contribution in [0.2, 0.25) is 0 Å². The van der Waals surface area contributed by atoms with Gasteiger partial charge < -0.3 is 5.32 Å². The first-order chi connectivity index (χ1) is 9.60. The van der Waals surface area contributed by atoms with Gasteiger partial charge in [-0.2, -0.15) is 5.26 Å². The molecule has 0 aromatic heterocycles. The van der Waals surface area contributed by atoms with Crippen molar-refractivity contribution in [1.29, 1.82) is 5.26 Å². The smallest absolute Gasteiger partial charge is 0.181 e. The monoisotopic (exact) mass is 264 g/mol. The molecule has 2 rings (SSSR count). The van der Waals surface area contributed by atoms with Gasteiger partial charge in [-0.1, -0.05) is 18.2 Å². The summed E-state index contributed by atoms with van der Waals surface area (Å²) in [6.45, 7) is 4.24. The number of hydrogen-bond acceptors (Lipinski definition) is 3. The van der Waals surface area contributed by atoms with E-state index >= 15 is 0 Å². The van der Waals surface area contributed by atoms with Gasteiger partial charge in [0.2, 0.25) is 0 Å². The summed E-state index contributed by atoms with van der Waals surface area (Å²) < 4.78 is 0. The van der Waals surface area contributed by atoms with Crippen molar-refractivity contribution in [3.63, 3.8) is 0 Å². The number of ketones is 1. The number of carbonyl (C=O) groups is 1. The average molecular weight is 264 g/mol. The predicted octanol–water partition coefficient (Wildman–Crippen LogP) is 3.47. The van der Waals surface area contributed by atoms with Crippen LogP contribution in [0.25, 0.3) is 0 Å². The molecule has 1 N–H and O–H groups in total. The maximum atomic E-state index is 12.1. The summed E-state index contributed by atoms with van der Waals surface area (Å²) >= 11 is 0. The SMILES string of the molecule is Cc1ccc(C(=O)CNc2cccc(C#N)c2)cc1C. The number of hydrogen-bond donors (Lipinski definition) is 1. The number of Topliss-reactive ketones (excluding diaryl/α,β-unsaturated/α-hetero) is 1. The van der Waals surface area contributed by atoms with Gasteiger partial charge >= 0.3 is 0 Å². The highest BCUT2D eigenvalue weighted by molar-refractivity contribution is 5.99. The van der Waals surface area contributed by atoms with Crippen molar-refractivity contribution < 1.29 is 4.79 Å². The van der Waals surface area contributed by atoms with Gasteiger partial charge in [0.1, 0.15) is 0 Å². The summed E-state index contributed by atoms with van der Waals surface area (Å²) in [6.07, 6.45) is 0. The third-order valence-electron chi connectivity index (χ3n) is 3.27. The van der Waals surface area contributed by atoms with Gasteiger partial charge in [-0.3, -0.25) is 4.79 Å². The fourth-order valence-electron chi connectivity index (χ4n) is 1.90. The van der Waals surface area contributed by atoms with E-state index in [9.17, 15) is 4.79 Å². The van der Waals surface area contributed by atoms with Gasteiger partial charge in [-0.15, -0.1) is 0 Å². The number of benzene rings is 2. The minimum atomic E-state index is 0.0375. The molecule has 0 atom stereocenters. The Morgan fingerprint density at radius 1 is 1.15 bits per heavy atom. The molecule has 0 spiro atoms. The van der Waals surface area contributed by atoms with Crippen LogP contribution in [-0.2, 0) is 0 Å². The lowest BCUT2D eigenvalue weighted by Gasteiger charge is -2.07. The van der Waals surface area contributed by atoms with Crippen molar-refractivity contribution in [2.75, 3.05) is 11.9 Å². The molecule has 0 bridgehead atoms. The number of aryl methyl sites for hydroxylation is 2. The quantitative estimate of drug-likeness (QED) is 0.860. The van der Waals surface area contributed by atoms with E-state index in [0.717, 1.165) is 11.3 Å². The van der Waals surface area contributed by atoms with E-state index < -0.39 is 0 Å². The van der Waals surface area contributed by atoms with Crippen LogP contribution in [0, 0.1) is 25.2 Å².